The van der Waals surface area contributed by atoms with Gasteiger partial charge in [-0.2, -0.15) is 0 Å². The van der Waals surface area contributed by atoms with Gasteiger partial charge in [-0.3, -0.25) is 0 Å². The molecule has 1 aromatic rings. The predicted molar refractivity (Wildman–Crippen MR) is 86.5 cm³/mol. The number of rotatable bonds is 3. The number of piperidine rings is 1. The van der Waals surface area contributed by atoms with Gasteiger partial charge in [0.05, 0.1) is 0 Å². The van der Waals surface area contributed by atoms with E-state index in [1.54, 1.807) is 0 Å². The van der Waals surface area contributed by atoms with E-state index in [1.807, 2.05) is 13.1 Å². The van der Waals surface area contributed by atoms with Gasteiger partial charge in [0.2, 0.25) is 0 Å². The smallest absolute Gasteiger partial charge is 0.0429 e. The lowest BCUT2D eigenvalue weighted by Crippen LogP contribution is -2.47. The summed E-state index contributed by atoms with van der Waals surface area (Å²) in [5, 5.41) is 4.14. The fourth-order valence-corrected chi connectivity index (χ4v) is 4.23. The van der Waals surface area contributed by atoms with Crippen molar-refractivity contribution in [3.63, 3.8) is 0 Å². The predicted octanol–water partition coefficient (Wildman–Crippen LogP) is 4.22. The maximum Gasteiger partial charge on any atom is 0.0429 e. The van der Waals surface area contributed by atoms with Gasteiger partial charge < -0.3 is 10.2 Å². The van der Waals surface area contributed by atoms with Crippen LogP contribution in [0.4, 0.5) is 5.69 Å². The molecule has 3 heteroatoms. The Morgan fingerprint density at radius 1 is 1.20 bits per heavy atom. The lowest BCUT2D eigenvalue weighted by Gasteiger charge is -2.46. The number of anilines is 1. The lowest BCUT2D eigenvalue weighted by molar-refractivity contribution is 0.243. The Morgan fingerprint density at radius 3 is 2.85 bits per heavy atom. The molecule has 2 fully saturated rings. The van der Waals surface area contributed by atoms with Gasteiger partial charge in [0, 0.05) is 29.8 Å². The summed E-state index contributed by atoms with van der Waals surface area (Å²) in [7, 11) is 2.01. The average molecular weight is 293 g/mol. The molecule has 0 radical (unpaired) electrons. The van der Waals surface area contributed by atoms with E-state index in [4.69, 9.17) is 11.6 Å². The summed E-state index contributed by atoms with van der Waals surface area (Å²) in [5.74, 6) is 0.902. The van der Waals surface area contributed by atoms with Crippen LogP contribution in [0.25, 0.3) is 0 Å². The average Bonchev–Trinajstić information content (AvgIpc) is 2.49. The maximum absolute atomic E-state index is 6.26. The molecule has 2 unspecified atom stereocenters. The normalized spacial score (nSPS) is 26.4. The number of nitrogens with zero attached hydrogens (tertiary/aromatic N) is 1. The highest BCUT2D eigenvalue weighted by Gasteiger charge is 2.34. The van der Waals surface area contributed by atoms with Crippen molar-refractivity contribution < 1.29 is 0 Å². The first-order valence-corrected chi connectivity index (χ1v) is 8.37. The molecule has 2 nitrogen and oxygen atoms in total. The Bertz CT molecular complexity index is 458. The minimum atomic E-state index is 0.742. The van der Waals surface area contributed by atoms with Crippen molar-refractivity contribution in [2.75, 3.05) is 18.5 Å². The van der Waals surface area contributed by atoms with Crippen LogP contribution in [0.1, 0.15) is 44.1 Å². The zero-order chi connectivity index (χ0) is 13.9. The topological polar surface area (TPSA) is 15.3 Å². The molecule has 110 valence electrons. The van der Waals surface area contributed by atoms with Crippen LogP contribution in [-0.4, -0.2) is 19.6 Å². The van der Waals surface area contributed by atoms with Crippen LogP contribution in [0.3, 0.4) is 0 Å². The summed E-state index contributed by atoms with van der Waals surface area (Å²) >= 11 is 6.26. The molecule has 1 saturated carbocycles. The summed E-state index contributed by atoms with van der Waals surface area (Å²) < 4.78 is 0. The van der Waals surface area contributed by atoms with Crippen LogP contribution in [0.2, 0.25) is 5.02 Å². The van der Waals surface area contributed by atoms with Gasteiger partial charge in [-0.05, 0) is 56.3 Å². The van der Waals surface area contributed by atoms with Crippen molar-refractivity contribution in [3.05, 3.63) is 28.8 Å². The Kier molecular flexibility index (Phi) is 4.52. The minimum absolute atomic E-state index is 0.742. The number of hydrogen-bond acceptors (Lipinski definition) is 2. The summed E-state index contributed by atoms with van der Waals surface area (Å²) in [5.41, 5.74) is 2.74. The number of hydrogen-bond donors (Lipinski definition) is 1. The number of halogens is 1. The molecule has 1 aliphatic carbocycles. The third-order valence-corrected chi connectivity index (χ3v) is 5.20. The van der Waals surface area contributed by atoms with Gasteiger partial charge >= 0.3 is 0 Å². The van der Waals surface area contributed by atoms with E-state index in [2.05, 4.69) is 22.3 Å². The first-order valence-electron chi connectivity index (χ1n) is 7.99. The molecule has 0 amide bonds. The van der Waals surface area contributed by atoms with Gasteiger partial charge in [0.1, 0.15) is 0 Å². The van der Waals surface area contributed by atoms with E-state index in [0.29, 0.717) is 0 Å². The summed E-state index contributed by atoms with van der Waals surface area (Å²) in [6, 6.07) is 7.11. The molecule has 3 rings (SSSR count). The molecule has 2 aliphatic rings. The van der Waals surface area contributed by atoms with Crippen LogP contribution in [-0.2, 0) is 6.54 Å². The van der Waals surface area contributed by atoms with Crippen molar-refractivity contribution in [1.29, 1.82) is 0 Å². The zero-order valence-corrected chi connectivity index (χ0v) is 13.1. The molecule has 0 spiro atoms. The molecule has 0 bridgehead atoms. The van der Waals surface area contributed by atoms with E-state index in [1.165, 1.54) is 56.3 Å². The third kappa shape index (κ3) is 2.82. The first-order chi connectivity index (χ1) is 9.79. The van der Waals surface area contributed by atoms with Crippen LogP contribution >= 0.6 is 11.6 Å². The van der Waals surface area contributed by atoms with Gasteiger partial charge in [0.25, 0.3) is 0 Å². The van der Waals surface area contributed by atoms with Crippen molar-refractivity contribution in [1.82, 2.24) is 5.32 Å². The van der Waals surface area contributed by atoms with Crippen LogP contribution < -0.4 is 10.2 Å². The molecule has 1 N–H and O–H groups in total. The van der Waals surface area contributed by atoms with E-state index in [0.717, 1.165) is 23.5 Å². The Labute approximate surface area is 127 Å². The minimum Gasteiger partial charge on any atom is -0.368 e. The monoisotopic (exact) mass is 292 g/mol. The van der Waals surface area contributed by atoms with Gasteiger partial charge in [-0.15, -0.1) is 0 Å². The molecule has 1 saturated heterocycles. The Morgan fingerprint density at radius 2 is 2.00 bits per heavy atom. The quantitative estimate of drug-likeness (QED) is 0.897. The van der Waals surface area contributed by atoms with E-state index < -0.39 is 0 Å². The molecule has 1 aliphatic heterocycles. The van der Waals surface area contributed by atoms with E-state index in [9.17, 15) is 0 Å². The third-order valence-electron chi connectivity index (χ3n) is 4.97. The number of benzene rings is 1. The second-order valence-electron chi connectivity index (χ2n) is 6.25. The molecule has 0 aromatic heterocycles. The largest absolute Gasteiger partial charge is 0.368 e. The van der Waals surface area contributed by atoms with Crippen LogP contribution in [0.15, 0.2) is 18.2 Å². The zero-order valence-electron chi connectivity index (χ0n) is 12.4. The van der Waals surface area contributed by atoms with Gasteiger partial charge in [0.15, 0.2) is 0 Å². The molecular weight excluding hydrogens is 268 g/mol. The second kappa shape index (κ2) is 6.36. The van der Waals surface area contributed by atoms with Crippen molar-refractivity contribution in [2.45, 2.75) is 51.1 Å². The maximum atomic E-state index is 6.26. The summed E-state index contributed by atoms with van der Waals surface area (Å²) in [6.07, 6.45) is 8.34. The fourth-order valence-electron chi connectivity index (χ4n) is 4.07. The molecule has 1 heterocycles. The Balaban J connectivity index is 1.91. The number of fused-ring (bicyclic) bond motifs is 1. The van der Waals surface area contributed by atoms with Crippen molar-refractivity contribution in [2.24, 2.45) is 5.92 Å². The highest BCUT2D eigenvalue weighted by atomic mass is 35.5. The fraction of sp³-hybridized carbons (Fsp3) is 0.647. The molecular formula is C17H25ClN2. The highest BCUT2D eigenvalue weighted by molar-refractivity contribution is 6.30. The first kappa shape index (κ1) is 14.2. The SMILES string of the molecule is CNCc1ccc(Cl)cc1N1CCCC2CCCCC21. The number of nitrogens with one attached hydrogen (secondary N) is 1. The van der Waals surface area contributed by atoms with E-state index in [-0.39, 0.29) is 0 Å². The van der Waals surface area contributed by atoms with Crippen molar-refractivity contribution >= 4 is 17.3 Å². The Hall–Kier alpha value is -0.730. The van der Waals surface area contributed by atoms with Gasteiger partial charge in [-0.25, -0.2) is 0 Å². The molecule has 20 heavy (non-hydrogen) atoms. The van der Waals surface area contributed by atoms with E-state index >= 15 is 0 Å². The lowest BCUT2D eigenvalue weighted by atomic mass is 9.78. The second-order valence-corrected chi connectivity index (χ2v) is 6.69. The van der Waals surface area contributed by atoms with Crippen LogP contribution in [0, 0.1) is 5.92 Å². The molecule has 1 aromatic carbocycles. The summed E-state index contributed by atoms with van der Waals surface area (Å²) in [4.78, 5) is 2.66. The highest BCUT2D eigenvalue weighted by Crippen LogP contribution is 2.39. The standard InChI is InChI=1S/C17H25ClN2/c1-19-12-14-8-9-15(18)11-17(14)20-10-4-6-13-5-2-3-7-16(13)20/h8-9,11,13,16,19H,2-7,10,12H2,1H3. The summed E-state index contributed by atoms with van der Waals surface area (Å²) in [6.45, 7) is 2.11. The molecule has 2 atom stereocenters. The van der Waals surface area contributed by atoms with Crippen LogP contribution in [0.5, 0.6) is 0 Å². The van der Waals surface area contributed by atoms with Crippen molar-refractivity contribution in [3.8, 4) is 0 Å². The van der Waals surface area contributed by atoms with Gasteiger partial charge in [-0.1, -0.05) is 30.5 Å².